The maximum atomic E-state index is 12.2. The van der Waals surface area contributed by atoms with E-state index < -0.39 is 5.60 Å². The molecule has 1 unspecified atom stereocenters. The summed E-state index contributed by atoms with van der Waals surface area (Å²) in [7, 11) is 0. The van der Waals surface area contributed by atoms with Crippen molar-refractivity contribution in [3.05, 3.63) is 35.9 Å². The molecule has 1 saturated heterocycles. The molecule has 1 aromatic carbocycles. The Morgan fingerprint density at radius 3 is 2.67 bits per heavy atom. The molecule has 1 atom stereocenters. The van der Waals surface area contributed by atoms with Crippen molar-refractivity contribution in [2.75, 3.05) is 19.6 Å². The van der Waals surface area contributed by atoms with Crippen LogP contribution in [0.5, 0.6) is 0 Å². The van der Waals surface area contributed by atoms with Gasteiger partial charge in [-0.25, -0.2) is 0 Å². The summed E-state index contributed by atoms with van der Waals surface area (Å²) in [6, 6.07) is 9.74. The maximum absolute atomic E-state index is 12.2. The minimum Gasteiger partial charge on any atom is -0.384 e. The summed E-state index contributed by atoms with van der Waals surface area (Å²) in [6.07, 6.45) is 2.90. The van der Waals surface area contributed by atoms with Gasteiger partial charge in [0.15, 0.2) is 5.60 Å². The predicted molar refractivity (Wildman–Crippen MR) is 90.4 cm³/mol. The van der Waals surface area contributed by atoms with E-state index in [1.165, 1.54) is 0 Å². The van der Waals surface area contributed by atoms with Crippen molar-refractivity contribution < 1.29 is 14.4 Å². The average Bonchev–Trinajstić information content (AvgIpc) is 3.26. The number of nitrogens with one attached hydrogen (secondary N) is 1. The number of likely N-dealkylation sites (tertiary alicyclic amines) is 1. The Bertz CT molecular complexity index is 638. The van der Waals surface area contributed by atoms with Crippen LogP contribution < -0.4 is 5.32 Å². The van der Waals surface area contributed by atoms with Crippen LogP contribution in [-0.2, 0) is 20.0 Å². The SMILES string of the molecule is CC1(c2ccccc2)CC(C(=O)NCCC(=O)N2CCCC2)=NO1. The number of nitrogens with zero attached hydrogens (tertiary/aromatic N) is 2. The Hall–Kier alpha value is -2.37. The maximum Gasteiger partial charge on any atom is 0.269 e. The molecule has 24 heavy (non-hydrogen) atoms. The molecule has 2 heterocycles. The lowest BCUT2D eigenvalue weighted by Crippen LogP contribution is -2.36. The summed E-state index contributed by atoms with van der Waals surface area (Å²) in [5, 5.41) is 6.72. The molecule has 0 aliphatic carbocycles. The second-order valence-corrected chi connectivity index (χ2v) is 6.50. The van der Waals surface area contributed by atoms with Gasteiger partial charge in [-0.05, 0) is 25.3 Å². The van der Waals surface area contributed by atoms with Gasteiger partial charge < -0.3 is 15.1 Å². The fourth-order valence-electron chi connectivity index (χ4n) is 3.12. The number of benzene rings is 1. The minimum absolute atomic E-state index is 0.103. The van der Waals surface area contributed by atoms with Crippen LogP contribution in [0.15, 0.2) is 35.5 Å². The highest BCUT2D eigenvalue weighted by molar-refractivity contribution is 6.39. The molecule has 0 radical (unpaired) electrons. The minimum atomic E-state index is -0.612. The number of hydrogen-bond donors (Lipinski definition) is 1. The molecule has 2 aliphatic heterocycles. The van der Waals surface area contributed by atoms with E-state index in [2.05, 4.69) is 10.5 Å². The van der Waals surface area contributed by atoms with Crippen LogP contribution in [-0.4, -0.2) is 42.1 Å². The zero-order valence-corrected chi connectivity index (χ0v) is 14.0. The van der Waals surface area contributed by atoms with E-state index in [0.29, 0.717) is 25.1 Å². The Morgan fingerprint density at radius 2 is 1.96 bits per heavy atom. The van der Waals surface area contributed by atoms with Crippen LogP contribution in [0.1, 0.15) is 38.2 Å². The summed E-state index contributed by atoms with van der Waals surface area (Å²) >= 11 is 0. The van der Waals surface area contributed by atoms with E-state index in [0.717, 1.165) is 31.5 Å². The first kappa shape index (κ1) is 16.5. The molecular formula is C18H23N3O3. The van der Waals surface area contributed by atoms with E-state index in [9.17, 15) is 9.59 Å². The molecule has 0 spiro atoms. The largest absolute Gasteiger partial charge is 0.384 e. The smallest absolute Gasteiger partial charge is 0.269 e. The zero-order chi connectivity index (χ0) is 17.0. The first-order valence-electron chi connectivity index (χ1n) is 8.45. The van der Waals surface area contributed by atoms with E-state index in [-0.39, 0.29) is 11.8 Å². The quantitative estimate of drug-likeness (QED) is 0.895. The molecule has 0 aromatic heterocycles. The third kappa shape index (κ3) is 3.58. The predicted octanol–water partition coefficient (Wildman–Crippen LogP) is 1.81. The van der Waals surface area contributed by atoms with Gasteiger partial charge in [0.1, 0.15) is 5.71 Å². The Balaban J connectivity index is 1.47. The molecule has 6 nitrogen and oxygen atoms in total. The van der Waals surface area contributed by atoms with Gasteiger partial charge in [-0.1, -0.05) is 35.5 Å². The van der Waals surface area contributed by atoms with Crippen molar-refractivity contribution in [3.63, 3.8) is 0 Å². The zero-order valence-electron chi connectivity index (χ0n) is 14.0. The molecule has 6 heteroatoms. The lowest BCUT2D eigenvalue weighted by atomic mass is 9.91. The summed E-state index contributed by atoms with van der Waals surface area (Å²) in [4.78, 5) is 31.6. The number of oxime groups is 1. The van der Waals surface area contributed by atoms with Crippen molar-refractivity contribution >= 4 is 17.5 Å². The van der Waals surface area contributed by atoms with Crippen molar-refractivity contribution in [1.82, 2.24) is 10.2 Å². The van der Waals surface area contributed by atoms with Gasteiger partial charge >= 0.3 is 0 Å². The number of hydrogen-bond acceptors (Lipinski definition) is 4. The Morgan fingerprint density at radius 1 is 1.25 bits per heavy atom. The molecule has 1 aromatic rings. The van der Waals surface area contributed by atoms with Gasteiger partial charge in [-0.2, -0.15) is 0 Å². The van der Waals surface area contributed by atoms with Crippen molar-refractivity contribution in [1.29, 1.82) is 0 Å². The molecule has 0 bridgehead atoms. The number of carbonyl (C=O) groups excluding carboxylic acids is 2. The fourth-order valence-corrected chi connectivity index (χ4v) is 3.12. The lowest BCUT2D eigenvalue weighted by molar-refractivity contribution is -0.130. The Labute approximate surface area is 141 Å². The Kier molecular flexibility index (Phi) is 4.83. The molecule has 1 fully saturated rings. The average molecular weight is 329 g/mol. The lowest BCUT2D eigenvalue weighted by Gasteiger charge is -2.21. The summed E-state index contributed by atoms with van der Waals surface area (Å²) in [5.74, 6) is -0.157. The van der Waals surface area contributed by atoms with E-state index in [1.807, 2.05) is 42.2 Å². The van der Waals surface area contributed by atoms with Gasteiger partial charge in [-0.15, -0.1) is 0 Å². The van der Waals surface area contributed by atoms with Gasteiger partial charge in [0, 0.05) is 32.5 Å². The van der Waals surface area contributed by atoms with Gasteiger partial charge in [-0.3, -0.25) is 9.59 Å². The molecular weight excluding hydrogens is 306 g/mol. The van der Waals surface area contributed by atoms with Gasteiger partial charge in [0.05, 0.1) is 0 Å². The second-order valence-electron chi connectivity index (χ2n) is 6.50. The first-order valence-corrected chi connectivity index (χ1v) is 8.45. The van der Waals surface area contributed by atoms with Crippen LogP contribution in [0.4, 0.5) is 0 Å². The van der Waals surface area contributed by atoms with Crippen LogP contribution in [0, 0.1) is 0 Å². The molecule has 2 amide bonds. The number of carbonyl (C=O) groups is 2. The standard InChI is InChI=1S/C18H23N3O3/c1-18(14-7-3-2-4-8-14)13-15(20-24-18)17(23)19-10-9-16(22)21-11-5-6-12-21/h2-4,7-8H,5-6,9-13H2,1H3,(H,19,23). The van der Waals surface area contributed by atoms with Gasteiger partial charge in [0.25, 0.3) is 5.91 Å². The molecule has 0 saturated carbocycles. The molecule has 1 N–H and O–H groups in total. The van der Waals surface area contributed by atoms with Crippen molar-refractivity contribution in [2.24, 2.45) is 5.16 Å². The first-order chi connectivity index (χ1) is 11.6. The van der Waals surface area contributed by atoms with Crippen LogP contribution >= 0.6 is 0 Å². The van der Waals surface area contributed by atoms with Crippen molar-refractivity contribution in [2.45, 2.75) is 38.2 Å². The highest BCUT2D eigenvalue weighted by Crippen LogP contribution is 2.34. The summed E-state index contributed by atoms with van der Waals surface area (Å²) in [5.41, 5.74) is 0.745. The highest BCUT2D eigenvalue weighted by atomic mass is 16.7. The van der Waals surface area contributed by atoms with E-state index >= 15 is 0 Å². The summed E-state index contributed by atoms with van der Waals surface area (Å²) < 4.78 is 0. The van der Waals surface area contributed by atoms with Crippen molar-refractivity contribution in [3.8, 4) is 0 Å². The van der Waals surface area contributed by atoms with Crippen LogP contribution in [0.25, 0.3) is 0 Å². The fraction of sp³-hybridized carbons (Fsp3) is 0.500. The molecule has 3 rings (SSSR count). The second kappa shape index (κ2) is 7.03. The normalized spacial score (nSPS) is 22.9. The number of amides is 2. The van der Waals surface area contributed by atoms with E-state index in [1.54, 1.807) is 0 Å². The van der Waals surface area contributed by atoms with Crippen LogP contribution in [0.2, 0.25) is 0 Å². The third-order valence-corrected chi connectivity index (χ3v) is 4.59. The number of rotatable bonds is 5. The topological polar surface area (TPSA) is 71.0 Å². The third-order valence-electron chi connectivity index (χ3n) is 4.59. The van der Waals surface area contributed by atoms with Gasteiger partial charge in [0.2, 0.25) is 5.91 Å². The molecule has 2 aliphatic rings. The van der Waals surface area contributed by atoms with E-state index in [4.69, 9.17) is 4.84 Å². The monoisotopic (exact) mass is 329 g/mol. The molecule has 128 valence electrons. The van der Waals surface area contributed by atoms with Crippen LogP contribution in [0.3, 0.4) is 0 Å². The summed E-state index contributed by atoms with van der Waals surface area (Å²) in [6.45, 7) is 3.92. The highest BCUT2D eigenvalue weighted by Gasteiger charge is 2.38.